The highest BCUT2D eigenvalue weighted by molar-refractivity contribution is 5.84. The summed E-state index contributed by atoms with van der Waals surface area (Å²) in [6.07, 6.45) is 2.13. The van der Waals surface area contributed by atoms with Crippen LogP contribution in [0, 0.1) is 0 Å². The number of carbonyl (C=O) groups excluding carboxylic acids is 1. The van der Waals surface area contributed by atoms with Crippen molar-refractivity contribution >= 4 is 11.9 Å². The largest absolute Gasteiger partial charge is 0.444 e. The number of hydrogen-bond donors (Lipinski definition) is 3. The number of hydrogen-bond acceptors (Lipinski definition) is 5. The summed E-state index contributed by atoms with van der Waals surface area (Å²) < 4.78 is 5.48. The Morgan fingerprint density at radius 1 is 1.03 bits per heavy atom. The molecule has 0 unspecified atom stereocenters. The van der Waals surface area contributed by atoms with Gasteiger partial charge < -0.3 is 20.9 Å². The lowest BCUT2D eigenvalue weighted by Gasteiger charge is -2.52. The molecule has 1 aliphatic rings. The second kappa shape index (κ2) is 8.19. The number of nitrogens with zero attached hydrogens (tertiary/aromatic N) is 1. The number of nitrogens with one attached hydrogen (secondary N) is 1. The van der Waals surface area contributed by atoms with E-state index < -0.39 is 22.8 Å². The van der Waals surface area contributed by atoms with Crippen LogP contribution in [0.3, 0.4) is 0 Å². The molecule has 33 heavy (non-hydrogen) atoms. The second-order valence-electron chi connectivity index (χ2n) is 10.2. The Labute approximate surface area is 194 Å². The zero-order valence-electron chi connectivity index (χ0n) is 19.6. The Kier molecular flexibility index (Phi) is 5.66. The molecule has 0 atom stereocenters. The Bertz CT molecular complexity index is 1140. The molecule has 1 aliphatic carbocycles. The molecule has 0 bridgehead atoms. The van der Waals surface area contributed by atoms with Gasteiger partial charge in [-0.1, -0.05) is 54.6 Å². The predicted octanol–water partition coefficient (Wildman–Crippen LogP) is 5.26. The molecule has 1 heterocycles. The lowest BCUT2D eigenvalue weighted by atomic mass is 9.62. The first kappa shape index (κ1) is 22.8. The predicted molar refractivity (Wildman–Crippen MR) is 130 cm³/mol. The quantitative estimate of drug-likeness (QED) is 0.509. The number of aliphatic hydroxyl groups is 1. The number of alkyl carbamates (subject to hydrolysis) is 1. The van der Waals surface area contributed by atoms with Crippen LogP contribution >= 0.6 is 0 Å². The number of anilines is 1. The van der Waals surface area contributed by atoms with Crippen LogP contribution in [-0.2, 0) is 10.3 Å². The minimum atomic E-state index is -0.838. The maximum absolute atomic E-state index is 12.5. The van der Waals surface area contributed by atoms with Crippen molar-refractivity contribution in [1.29, 1.82) is 0 Å². The molecule has 3 aromatic rings. The van der Waals surface area contributed by atoms with Crippen molar-refractivity contribution in [2.75, 3.05) is 5.73 Å². The smallest absolute Gasteiger partial charge is 0.408 e. The average molecular weight is 446 g/mol. The number of carbonyl (C=O) groups is 1. The number of ether oxygens (including phenoxy) is 1. The van der Waals surface area contributed by atoms with E-state index in [4.69, 9.17) is 10.5 Å². The Morgan fingerprint density at radius 3 is 2.21 bits per heavy atom. The summed E-state index contributed by atoms with van der Waals surface area (Å²) >= 11 is 0. The van der Waals surface area contributed by atoms with E-state index in [9.17, 15) is 9.90 Å². The number of benzene rings is 2. The molecule has 6 heteroatoms. The van der Waals surface area contributed by atoms with Gasteiger partial charge >= 0.3 is 6.09 Å². The number of nitrogens with two attached hydrogens (primary N) is 1. The van der Waals surface area contributed by atoms with Gasteiger partial charge in [0.05, 0.1) is 11.1 Å². The number of nitrogen functional groups attached to an aromatic ring is 1. The molecule has 0 radical (unpaired) electrons. The fraction of sp³-hybridized carbons (Fsp3) is 0.333. The molecule has 1 fully saturated rings. The first-order valence-corrected chi connectivity index (χ1v) is 11.1. The topological polar surface area (TPSA) is 97.5 Å². The average Bonchev–Trinajstić information content (AvgIpc) is 2.71. The fourth-order valence-corrected chi connectivity index (χ4v) is 4.64. The fourth-order valence-electron chi connectivity index (χ4n) is 4.64. The number of aromatic nitrogens is 1. The van der Waals surface area contributed by atoms with E-state index in [0.29, 0.717) is 18.7 Å². The van der Waals surface area contributed by atoms with Crippen LogP contribution < -0.4 is 11.1 Å². The molecule has 6 nitrogen and oxygen atoms in total. The summed E-state index contributed by atoms with van der Waals surface area (Å²) in [4.78, 5) is 16.8. The van der Waals surface area contributed by atoms with Gasteiger partial charge in [0, 0.05) is 24.6 Å². The summed E-state index contributed by atoms with van der Waals surface area (Å²) in [7, 11) is 0. The first-order valence-electron chi connectivity index (χ1n) is 11.1. The van der Waals surface area contributed by atoms with Crippen molar-refractivity contribution in [3.05, 3.63) is 72.4 Å². The highest BCUT2D eigenvalue weighted by Crippen LogP contribution is 2.48. The zero-order chi connectivity index (χ0) is 23.9. The van der Waals surface area contributed by atoms with Gasteiger partial charge in [0.25, 0.3) is 0 Å². The molecular weight excluding hydrogens is 414 g/mol. The third-order valence-electron chi connectivity index (χ3n) is 5.86. The molecule has 172 valence electrons. The van der Waals surface area contributed by atoms with E-state index in [0.717, 1.165) is 27.8 Å². The first-order chi connectivity index (χ1) is 15.5. The second-order valence-corrected chi connectivity index (χ2v) is 10.2. The normalized spacial score (nSPS) is 22.3. The maximum atomic E-state index is 12.5. The molecule has 1 aromatic heterocycles. The third-order valence-corrected chi connectivity index (χ3v) is 5.86. The van der Waals surface area contributed by atoms with E-state index in [1.165, 1.54) is 0 Å². The standard InChI is InChI=1S/C27H31N3O3/c1-25(2,3)33-24(31)30-27(16-26(4,32)17-27)20-12-10-19(11-13-20)22-15-29-23(28)14-21(22)18-8-6-5-7-9-18/h5-15,32H,16-17H2,1-4H3,(H2,28,29)(H,30,31). The number of amides is 1. The molecule has 2 aromatic carbocycles. The Hall–Kier alpha value is -3.38. The van der Waals surface area contributed by atoms with Crippen LogP contribution in [0.1, 0.15) is 46.1 Å². The van der Waals surface area contributed by atoms with E-state index in [1.807, 2.05) is 81.4 Å². The minimum Gasteiger partial charge on any atom is -0.444 e. The molecule has 4 rings (SSSR count). The van der Waals surface area contributed by atoms with Crippen molar-refractivity contribution in [3.63, 3.8) is 0 Å². The van der Waals surface area contributed by atoms with Gasteiger partial charge in [0.1, 0.15) is 11.4 Å². The van der Waals surface area contributed by atoms with E-state index >= 15 is 0 Å². The maximum Gasteiger partial charge on any atom is 0.408 e. The highest BCUT2D eigenvalue weighted by atomic mass is 16.6. The molecule has 1 amide bonds. The minimum absolute atomic E-state index is 0.414. The molecule has 0 saturated heterocycles. The van der Waals surface area contributed by atoms with Crippen molar-refractivity contribution in [3.8, 4) is 22.3 Å². The van der Waals surface area contributed by atoms with Crippen molar-refractivity contribution in [1.82, 2.24) is 10.3 Å². The van der Waals surface area contributed by atoms with Gasteiger partial charge in [0.15, 0.2) is 0 Å². The van der Waals surface area contributed by atoms with Crippen LogP contribution in [0.5, 0.6) is 0 Å². The molecule has 4 N–H and O–H groups in total. The van der Waals surface area contributed by atoms with E-state index in [-0.39, 0.29) is 0 Å². The Balaban J connectivity index is 1.66. The lowest BCUT2D eigenvalue weighted by molar-refractivity contribution is -0.0891. The summed E-state index contributed by atoms with van der Waals surface area (Å²) in [5.41, 5.74) is 8.81. The van der Waals surface area contributed by atoms with Crippen molar-refractivity contribution < 1.29 is 14.6 Å². The third kappa shape index (κ3) is 5.01. The monoisotopic (exact) mass is 445 g/mol. The molecule has 1 saturated carbocycles. The zero-order valence-corrected chi connectivity index (χ0v) is 19.6. The van der Waals surface area contributed by atoms with Crippen LogP contribution in [0.4, 0.5) is 10.6 Å². The summed E-state index contributed by atoms with van der Waals surface area (Å²) in [5.74, 6) is 0.464. The number of rotatable bonds is 4. The summed E-state index contributed by atoms with van der Waals surface area (Å²) in [6, 6.07) is 20.0. The highest BCUT2D eigenvalue weighted by Gasteiger charge is 2.53. The van der Waals surface area contributed by atoms with Gasteiger partial charge in [-0.15, -0.1) is 0 Å². The van der Waals surface area contributed by atoms with Gasteiger partial charge in [-0.2, -0.15) is 0 Å². The molecule has 0 spiro atoms. The van der Waals surface area contributed by atoms with Gasteiger partial charge in [-0.05, 0) is 56.0 Å². The van der Waals surface area contributed by atoms with Crippen LogP contribution in [0.15, 0.2) is 66.9 Å². The SMILES string of the molecule is CC1(O)CC(NC(=O)OC(C)(C)C)(c2ccc(-c3cnc(N)cc3-c3ccccc3)cc2)C1. The van der Waals surface area contributed by atoms with Crippen LogP contribution in [0.2, 0.25) is 0 Å². The molecule has 0 aliphatic heterocycles. The summed E-state index contributed by atoms with van der Waals surface area (Å²) in [6.45, 7) is 7.27. The van der Waals surface area contributed by atoms with E-state index in [2.05, 4.69) is 10.3 Å². The van der Waals surface area contributed by atoms with Gasteiger partial charge in [-0.3, -0.25) is 0 Å². The van der Waals surface area contributed by atoms with Gasteiger partial charge in [-0.25, -0.2) is 9.78 Å². The molecular formula is C27H31N3O3. The summed E-state index contributed by atoms with van der Waals surface area (Å²) in [5, 5.41) is 13.5. The lowest BCUT2D eigenvalue weighted by Crippen LogP contribution is -2.62. The van der Waals surface area contributed by atoms with Gasteiger partial charge in [0.2, 0.25) is 0 Å². The van der Waals surface area contributed by atoms with Crippen molar-refractivity contribution in [2.24, 2.45) is 0 Å². The van der Waals surface area contributed by atoms with Crippen LogP contribution in [-0.4, -0.2) is 27.4 Å². The van der Waals surface area contributed by atoms with E-state index in [1.54, 1.807) is 13.1 Å². The van der Waals surface area contributed by atoms with Crippen molar-refractivity contribution in [2.45, 2.75) is 57.3 Å². The van der Waals surface area contributed by atoms with Crippen LogP contribution in [0.25, 0.3) is 22.3 Å². The number of pyridine rings is 1. The Morgan fingerprint density at radius 2 is 1.64 bits per heavy atom.